The number of methoxy groups -OCH3 is 2. The first-order chi connectivity index (χ1) is 7.63. The minimum atomic E-state index is -0.464. The van der Waals surface area contributed by atoms with Crippen molar-refractivity contribution in [1.29, 1.82) is 5.41 Å². The van der Waals surface area contributed by atoms with Crippen molar-refractivity contribution < 1.29 is 14.3 Å². The molecule has 1 N–H and O–H groups in total. The van der Waals surface area contributed by atoms with Gasteiger partial charge in [-0.2, -0.15) is 0 Å². The van der Waals surface area contributed by atoms with E-state index in [2.05, 4.69) is 11.7 Å². The predicted molar refractivity (Wildman–Crippen MR) is 61.3 cm³/mol. The van der Waals surface area contributed by atoms with Crippen LogP contribution in [0.1, 0.15) is 19.8 Å². The molecule has 0 aromatic rings. The number of allylic oxidation sites excluding steroid dienone is 3. The van der Waals surface area contributed by atoms with E-state index in [0.29, 0.717) is 12.0 Å². The maximum Gasteiger partial charge on any atom is 0.339 e. The van der Waals surface area contributed by atoms with Crippen LogP contribution in [0.4, 0.5) is 0 Å². The Labute approximate surface area is 95.4 Å². The summed E-state index contributed by atoms with van der Waals surface area (Å²) in [6.45, 7) is 2.05. The van der Waals surface area contributed by atoms with Crippen molar-refractivity contribution in [1.82, 2.24) is 0 Å². The summed E-state index contributed by atoms with van der Waals surface area (Å²) < 4.78 is 9.88. The van der Waals surface area contributed by atoms with E-state index in [1.54, 1.807) is 19.3 Å². The van der Waals surface area contributed by atoms with Crippen molar-refractivity contribution >= 4 is 11.7 Å². The van der Waals surface area contributed by atoms with Crippen molar-refractivity contribution in [2.45, 2.75) is 19.8 Å². The number of hydrogen-bond acceptors (Lipinski definition) is 4. The SMILES string of the molecule is CCC1CC=C(C(=O)OC)C(=N)C=C1OC. The molecule has 0 aromatic carbocycles. The fourth-order valence-electron chi connectivity index (χ4n) is 1.72. The summed E-state index contributed by atoms with van der Waals surface area (Å²) in [5.74, 6) is 0.517. The second kappa shape index (κ2) is 5.49. The highest BCUT2D eigenvalue weighted by Gasteiger charge is 2.22. The third-order valence-corrected chi connectivity index (χ3v) is 2.72. The number of carbonyl (C=O) groups is 1. The van der Waals surface area contributed by atoms with Gasteiger partial charge in [0, 0.05) is 12.0 Å². The summed E-state index contributed by atoms with van der Waals surface area (Å²) in [7, 11) is 2.91. The molecule has 0 saturated carbocycles. The van der Waals surface area contributed by atoms with E-state index in [9.17, 15) is 4.79 Å². The van der Waals surface area contributed by atoms with Crippen LogP contribution in [-0.2, 0) is 14.3 Å². The lowest BCUT2D eigenvalue weighted by molar-refractivity contribution is -0.135. The van der Waals surface area contributed by atoms with Crippen LogP contribution in [0.3, 0.4) is 0 Å². The van der Waals surface area contributed by atoms with E-state index in [1.165, 1.54) is 7.11 Å². The van der Waals surface area contributed by atoms with Crippen LogP contribution in [0.15, 0.2) is 23.5 Å². The smallest absolute Gasteiger partial charge is 0.339 e. The Morgan fingerprint density at radius 3 is 2.75 bits per heavy atom. The molecular weight excluding hydrogens is 206 g/mol. The van der Waals surface area contributed by atoms with Crippen LogP contribution < -0.4 is 0 Å². The second-order valence-corrected chi connectivity index (χ2v) is 3.61. The van der Waals surface area contributed by atoms with Gasteiger partial charge in [-0.15, -0.1) is 0 Å². The highest BCUT2D eigenvalue weighted by atomic mass is 16.5. The standard InChI is InChI=1S/C12H17NO3/c1-4-8-5-6-9(12(14)16-3)10(13)7-11(8)15-2/h6-8,13H,4-5H2,1-3H3. The quantitative estimate of drug-likeness (QED) is 0.745. The zero-order chi connectivity index (χ0) is 12.1. The Morgan fingerprint density at radius 1 is 1.56 bits per heavy atom. The van der Waals surface area contributed by atoms with Gasteiger partial charge >= 0.3 is 5.97 Å². The summed E-state index contributed by atoms with van der Waals surface area (Å²) in [6, 6.07) is 0. The molecular formula is C12H17NO3. The Balaban J connectivity index is 3.02. The molecule has 0 bridgehead atoms. The van der Waals surface area contributed by atoms with Crippen molar-refractivity contribution in [3.05, 3.63) is 23.5 Å². The molecule has 0 fully saturated rings. The number of ether oxygens (including phenoxy) is 2. The van der Waals surface area contributed by atoms with Gasteiger partial charge < -0.3 is 9.47 Å². The van der Waals surface area contributed by atoms with Crippen LogP contribution >= 0.6 is 0 Å². The largest absolute Gasteiger partial charge is 0.501 e. The van der Waals surface area contributed by atoms with Crippen LogP contribution in [0, 0.1) is 11.3 Å². The van der Waals surface area contributed by atoms with E-state index in [0.717, 1.165) is 12.2 Å². The molecule has 1 rings (SSSR count). The highest BCUT2D eigenvalue weighted by molar-refractivity contribution is 6.23. The number of rotatable bonds is 3. The van der Waals surface area contributed by atoms with Crippen LogP contribution in [-0.4, -0.2) is 25.9 Å². The van der Waals surface area contributed by atoms with Gasteiger partial charge in [-0.05, 0) is 12.8 Å². The van der Waals surface area contributed by atoms with Gasteiger partial charge in [0.1, 0.15) is 5.76 Å². The zero-order valence-electron chi connectivity index (χ0n) is 9.87. The van der Waals surface area contributed by atoms with Gasteiger partial charge in [-0.25, -0.2) is 4.79 Å². The van der Waals surface area contributed by atoms with Crippen molar-refractivity contribution in [2.75, 3.05) is 14.2 Å². The first-order valence-corrected chi connectivity index (χ1v) is 5.27. The van der Waals surface area contributed by atoms with Crippen LogP contribution in [0.2, 0.25) is 0 Å². The van der Waals surface area contributed by atoms with Gasteiger partial charge in [-0.1, -0.05) is 13.0 Å². The van der Waals surface area contributed by atoms with Crippen LogP contribution in [0.25, 0.3) is 0 Å². The topological polar surface area (TPSA) is 59.4 Å². The molecule has 1 aliphatic rings. The minimum absolute atomic E-state index is 0.152. The summed E-state index contributed by atoms with van der Waals surface area (Å²) in [5.41, 5.74) is 0.465. The molecule has 1 unspecified atom stereocenters. The third kappa shape index (κ3) is 2.51. The molecule has 0 saturated heterocycles. The molecule has 88 valence electrons. The Hall–Kier alpha value is -1.58. The molecule has 0 radical (unpaired) electrons. The van der Waals surface area contributed by atoms with Crippen molar-refractivity contribution in [3.63, 3.8) is 0 Å². The Bertz CT molecular complexity index is 355. The number of hydrogen-bond donors (Lipinski definition) is 1. The average molecular weight is 223 g/mol. The van der Waals surface area contributed by atoms with Gasteiger partial charge in [0.05, 0.1) is 25.5 Å². The molecule has 16 heavy (non-hydrogen) atoms. The first kappa shape index (κ1) is 12.5. The Kier molecular flexibility index (Phi) is 4.28. The molecule has 0 aliphatic heterocycles. The maximum atomic E-state index is 11.4. The molecule has 4 heteroatoms. The van der Waals surface area contributed by atoms with E-state index in [4.69, 9.17) is 10.1 Å². The summed E-state index contributed by atoms with van der Waals surface area (Å²) in [5, 5.41) is 7.79. The van der Waals surface area contributed by atoms with Gasteiger partial charge in [-0.3, -0.25) is 5.41 Å². The minimum Gasteiger partial charge on any atom is -0.501 e. The monoisotopic (exact) mass is 223 g/mol. The summed E-state index contributed by atoms with van der Waals surface area (Å²) >= 11 is 0. The molecule has 0 heterocycles. The fraction of sp³-hybridized carbons (Fsp3) is 0.500. The van der Waals surface area contributed by atoms with E-state index >= 15 is 0 Å². The van der Waals surface area contributed by atoms with Gasteiger partial charge in [0.25, 0.3) is 0 Å². The zero-order valence-corrected chi connectivity index (χ0v) is 9.87. The normalized spacial score (nSPS) is 20.7. The lowest BCUT2D eigenvalue weighted by Crippen LogP contribution is -2.11. The maximum absolute atomic E-state index is 11.4. The predicted octanol–water partition coefficient (Wildman–Crippen LogP) is 2.07. The molecule has 0 spiro atoms. The van der Waals surface area contributed by atoms with Gasteiger partial charge in [0.15, 0.2) is 0 Å². The van der Waals surface area contributed by atoms with Crippen molar-refractivity contribution in [3.8, 4) is 0 Å². The lowest BCUT2D eigenvalue weighted by atomic mass is 10.0. The van der Waals surface area contributed by atoms with Crippen LogP contribution in [0.5, 0.6) is 0 Å². The lowest BCUT2D eigenvalue weighted by Gasteiger charge is -2.14. The molecule has 4 nitrogen and oxygen atoms in total. The summed E-state index contributed by atoms with van der Waals surface area (Å²) in [6.07, 6.45) is 4.97. The van der Waals surface area contributed by atoms with Gasteiger partial charge in [0.2, 0.25) is 0 Å². The van der Waals surface area contributed by atoms with E-state index in [-0.39, 0.29) is 11.6 Å². The molecule has 1 atom stereocenters. The number of carbonyl (C=O) groups excluding carboxylic acids is 1. The Morgan fingerprint density at radius 2 is 2.25 bits per heavy atom. The van der Waals surface area contributed by atoms with Crippen molar-refractivity contribution in [2.24, 2.45) is 5.92 Å². The number of nitrogens with one attached hydrogen (secondary N) is 1. The fourth-order valence-corrected chi connectivity index (χ4v) is 1.72. The molecule has 0 amide bonds. The third-order valence-electron chi connectivity index (χ3n) is 2.72. The molecule has 0 aromatic heterocycles. The van der Waals surface area contributed by atoms with E-state index < -0.39 is 5.97 Å². The first-order valence-electron chi connectivity index (χ1n) is 5.27. The summed E-state index contributed by atoms with van der Waals surface area (Å²) in [4.78, 5) is 11.4. The average Bonchev–Trinajstić information content (AvgIpc) is 2.46. The van der Waals surface area contributed by atoms with E-state index in [1.807, 2.05) is 0 Å². The molecule has 1 aliphatic carbocycles. The highest BCUT2D eigenvalue weighted by Crippen LogP contribution is 2.25. The number of esters is 1. The second-order valence-electron chi connectivity index (χ2n) is 3.61.